The van der Waals surface area contributed by atoms with E-state index in [4.69, 9.17) is 0 Å². The maximum atomic E-state index is 13.0. The predicted molar refractivity (Wildman–Crippen MR) is 106 cm³/mol. The van der Waals surface area contributed by atoms with Crippen LogP contribution in [0.3, 0.4) is 0 Å². The number of piperazine rings is 1. The quantitative estimate of drug-likeness (QED) is 0.703. The van der Waals surface area contributed by atoms with Gasteiger partial charge in [-0.2, -0.15) is 5.26 Å². The molecule has 0 atom stereocenters. The van der Waals surface area contributed by atoms with Crippen LogP contribution in [0.2, 0.25) is 0 Å². The van der Waals surface area contributed by atoms with Gasteiger partial charge in [0.15, 0.2) is 0 Å². The number of hydrogen-bond acceptors (Lipinski definition) is 3. The lowest BCUT2D eigenvalue weighted by molar-refractivity contribution is 0.141. The molecule has 3 aromatic rings. The molecule has 1 aromatic heterocycles. The van der Waals surface area contributed by atoms with Gasteiger partial charge >= 0.3 is 6.03 Å². The van der Waals surface area contributed by atoms with E-state index in [-0.39, 0.29) is 11.8 Å². The molecule has 0 aliphatic carbocycles. The fraction of sp³-hybridized carbons (Fsp3) is 0.273. The molecule has 4 rings (SSSR count). The van der Waals surface area contributed by atoms with Gasteiger partial charge in [-0.05, 0) is 30.2 Å². The molecule has 1 aliphatic rings. The van der Waals surface area contributed by atoms with Crippen molar-refractivity contribution in [3.05, 3.63) is 71.7 Å². The number of halogens is 1. The second kappa shape index (κ2) is 7.83. The highest BCUT2D eigenvalue weighted by Gasteiger charge is 2.23. The molecule has 1 amide bonds. The first-order valence-corrected chi connectivity index (χ1v) is 9.42. The Labute approximate surface area is 163 Å². The molecule has 142 valence electrons. The van der Waals surface area contributed by atoms with Gasteiger partial charge in [-0.3, -0.25) is 9.47 Å². The summed E-state index contributed by atoms with van der Waals surface area (Å²) in [6.07, 6.45) is 2.50. The van der Waals surface area contributed by atoms with E-state index < -0.39 is 0 Å². The molecule has 6 heteroatoms. The van der Waals surface area contributed by atoms with Crippen molar-refractivity contribution >= 4 is 16.9 Å². The smallest absolute Gasteiger partial charge is 0.321 e. The summed E-state index contributed by atoms with van der Waals surface area (Å²) in [4.78, 5) is 17.1. The van der Waals surface area contributed by atoms with Gasteiger partial charge in [-0.1, -0.05) is 30.3 Å². The van der Waals surface area contributed by atoms with Crippen LogP contribution in [0.15, 0.2) is 54.7 Å². The minimum Gasteiger partial charge on any atom is -0.321 e. The zero-order valence-corrected chi connectivity index (χ0v) is 15.5. The lowest BCUT2D eigenvalue weighted by Crippen LogP contribution is -2.50. The number of rotatable bonds is 3. The lowest BCUT2D eigenvalue weighted by atomic mass is 10.1. The summed E-state index contributed by atoms with van der Waals surface area (Å²) in [5.41, 5.74) is 2.40. The van der Waals surface area contributed by atoms with Crippen LogP contribution in [0.1, 0.15) is 11.1 Å². The van der Waals surface area contributed by atoms with E-state index >= 15 is 0 Å². The summed E-state index contributed by atoms with van der Waals surface area (Å²) < 4.78 is 14.6. The van der Waals surface area contributed by atoms with Gasteiger partial charge in [0.2, 0.25) is 0 Å². The molecule has 0 spiro atoms. The van der Waals surface area contributed by atoms with E-state index in [1.54, 1.807) is 10.8 Å². The Balaban J connectivity index is 1.38. The minimum absolute atomic E-state index is 0.0871. The zero-order chi connectivity index (χ0) is 19.5. The summed E-state index contributed by atoms with van der Waals surface area (Å²) in [5, 5.41) is 10.1. The summed E-state index contributed by atoms with van der Waals surface area (Å²) in [6.45, 7) is 3.79. The van der Waals surface area contributed by atoms with Crippen molar-refractivity contribution in [3.8, 4) is 6.07 Å². The highest BCUT2D eigenvalue weighted by Crippen LogP contribution is 2.21. The maximum absolute atomic E-state index is 13.0. The number of para-hydroxylation sites is 1. The molecule has 5 nitrogen and oxygen atoms in total. The molecule has 1 aliphatic heterocycles. The van der Waals surface area contributed by atoms with Crippen LogP contribution in [0.4, 0.5) is 9.18 Å². The number of benzene rings is 2. The third-order valence-electron chi connectivity index (χ3n) is 5.31. The summed E-state index contributed by atoms with van der Waals surface area (Å²) in [6, 6.07) is 16.2. The molecule has 0 N–H and O–H groups in total. The fourth-order valence-corrected chi connectivity index (χ4v) is 3.68. The molecular weight excluding hydrogens is 355 g/mol. The Morgan fingerprint density at radius 1 is 1.04 bits per heavy atom. The number of nitrogens with zero attached hydrogens (tertiary/aromatic N) is 4. The summed E-state index contributed by atoms with van der Waals surface area (Å²) >= 11 is 0. The Morgan fingerprint density at radius 3 is 2.46 bits per heavy atom. The van der Waals surface area contributed by atoms with Crippen LogP contribution in [0, 0.1) is 17.1 Å². The second-order valence-electron chi connectivity index (χ2n) is 7.03. The largest absolute Gasteiger partial charge is 0.328 e. The maximum Gasteiger partial charge on any atom is 0.328 e. The predicted octanol–water partition coefficient (Wildman–Crippen LogP) is 3.48. The van der Waals surface area contributed by atoms with Gasteiger partial charge < -0.3 is 4.90 Å². The fourth-order valence-electron chi connectivity index (χ4n) is 3.68. The molecule has 2 heterocycles. The second-order valence-corrected chi connectivity index (χ2v) is 7.03. The van der Waals surface area contributed by atoms with Crippen molar-refractivity contribution < 1.29 is 9.18 Å². The first-order chi connectivity index (χ1) is 13.7. The molecule has 0 radical (unpaired) electrons. The lowest BCUT2D eigenvalue weighted by Gasteiger charge is -2.34. The number of carbonyl (C=O) groups is 1. The molecular formula is C22H21FN4O. The number of fused-ring (bicyclic) bond motifs is 1. The van der Waals surface area contributed by atoms with Crippen LogP contribution in [0.25, 0.3) is 10.9 Å². The molecule has 0 unspecified atom stereocenters. The number of carbonyl (C=O) groups excluding carboxylic acids is 1. The van der Waals surface area contributed by atoms with Crippen LogP contribution in [-0.4, -0.2) is 53.1 Å². The third kappa shape index (κ3) is 3.62. The molecule has 2 aromatic carbocycles. The van der Waals surface area contributed by atoms with Gasteiger partial charge in [0.25, 0.3) is 0 Å². The molecule has 1 fully saturated rings. The van der Waals surface area contributed by atoms with Crippen molar-refractivity contribution in [2.24, 2.45) is 0 Å². The van der Waals surface area contributed by atoms with E-state index in [9.17, 15) is 14.4 Å². The molecule has 28 heavy (non-hydrogen) atoms. The average Bonchev–Trinajstić information content (AvgIpc) is 3.12. The molecule has 1 saturated heterocycles. The number of aromatic nitrogens is 1. The van der Waals surface area contributed by atoms with Crippen molar-refractivity contribution in [1.82, 2.24) is 14.4 Å². The van der Waals surface area contributed by atoms with Gasteiger partial charge in [0, 0.05) is 44.3 Å². The van der Waals surface area contributed by atoms with Crippen LogP contribution < -0.4 is 0 Å². The standard InChI is InChI=1S/C22H21FN4O/c23-19-7-5-17(6-8-19)9-10-25-11-13-26(14-12-25)22(28)27-16-18(15-24)20-3-1-2-4-21(20)27/h1-8,16H,9-14H2. The van der Waals surface area contributed by atoms with Gasteiger partial charge in [-0.25, -0.2) is 9.18 Å². The van der Waals surface area contributed by atoms with Gasteiger partial charge in [0.05, 0.1) is 11.1 Å². The van der Waals surface area contributed by atoms with Crippen molar-refractivity contribution in [1.29, 1.82) is 5.26 Å². The van der Waals surface area contributed by atoms with Crippen LogP contribution in [0.5, 0.6) is 0 Å². The molecule has 0 saturated carbocycles. The normalized spacial score (nSPS) is 14.9. The van der Waals surface area contributed by atoms with E-state index in [0.29, 0.717) is 18.7 Å². The highest BCUT2D eigenvalue weighted by molar-refractivity contribution is 5.95. The van der Waals surface area contributed by atoms with E-state index in [0.717, 1.165) is 42.5 Å². The number of amides is 1. The van der Waals surface area contributed by atoms with Crippen molar-refractivity contribution in [2.45, 2.75) is 6.42 Å². The van der Waals surface area contributed by atoms with Crippen LogP contribution >= 0.6 is 0 Å². The van der Waals surface area contributed by atoms with Crippen LogP contribution in [-0.2, 0) is 6.42 Å². The summed E-state index contributed by atoms with van der Waals surface area (Å²) in [7, 11) is 0. The first-order valence-electron chi connectivity index (χ1n) is 9.42. The third-order valence-corrected chi connectivity index (χ3v) is 5.31. The topological polar surface area (TPSA) is 52.3 Å². The summed E-state index contributed by atoms with van der Waals surface area (Å²) in [5.74, 6) is -0.215. The van der Waals surface area contributed by atoms with Crippen molar-refractivity contribution in [3.63, 3.8) is 0 Å². The van der Waals surface area contributed by atoms with Gasteiger partial charge in [-0.15, -0.1) is 0 Å². The Bertz CT molecular complexity index is 1030. The van der Waals surface area contributed by atoms with E-state index in [1.165, 1.54) is 12.1 Å². The first kappa shape index (κ1) is 18.2. The Kier molecular flexibility index (Phi) is 5.09. The number of hydrogen-bond donors (Lipinski definition) is 0. The van der Waals surface area contributed by atoms with E-state index in [1.807, 2.05) is 41.3 Å². The highest BCUT2D eigenvalue weighted by atomic mass is 19.1. The minimum atomic E-state index is -0.215. The monoisotopic (exact) mass is 376 g/mol. The zero-order valence-electron chi connectivity index (χ0n) is 15.5. The average molecular weight is 376 g/mol. The number of nitriles is 1. The Morgan fingerprint density at radius 2 is 1.75 bits per heavy atom. The SMILES string of the molecule is N#Cc1cn(C(=O)N2CCN(CCc3ccc(F)cc3)CC2)c2ccccc12. The van der Waals surface area contributed by atoms with E-state index in [2.05, 4.69) is 11.0 Å². The van der Waals surface area contributed by atoms with Crippen molar-refractivity contribution in [2.75, 3.05) is 32.7 Å². The molecule has 0 bridgehead atoms. The Hall–Kier alpha value is -3.17. The van der Waals surface area contributed by atoms with Gasteiger partial charge in [0.1, 0.15) is 11.9 Å².